The number of amides is 1. The number of methoxy groups -OCH3 is 1. The highest BCUT2D eigenvalue weighted by Crippen LogP contribution is 2.25. The van der Waals surface area contributed by atoms with Crippen LogP contribution >= 0.6 is 12.4 Å². The molecule has 0 aliphatic carbocycles. The Hall–Kier alpha value is -1.46. The molecule has 1 heterocycles. The number of halogens is 1. The highest BCUT2D eigenvalue weighted by molar-refractivity contribution is 5.94. The Balaban J connectivity index is 0.00000200. The minimum atomic E-state index is -0.0459. The molecule has 1 aliphatic rings. The third kappa shape index (κ3) is 4.58. The average Bonchev–Trinajstić information content (AvgIpc) is 2.92. The summed E-state index contributed by atoms with van der Waals surface area (Å²) < 4.78 is 10.6. The van der Waals surface area contributed by atoms with Crippen molar-refractivity contribution < 1.29 is 14.3 Å². The van der Waals surface area contributed by atoms with Gasteiger partial charge in [0.25, 0.3) is 0 Å². The van der Waals surface area contributed by atoms with E-state index in [4.69, 9.17) is 15.2 Å². The summed E-state index contributed by atoms with van der Waals surface area (Å²) in [4.78, 5) is 11.9. The van der Waals surface area contributed by atoms with Crippen LogP contribution in [0.3, 0.4) is 0 Å². The number of anilines is 2. The van der Waals surface area contributed by atoms with E-state index >= 15 is 0 Å². The third-order valence-corrected chi connectivity index (χ3v) is 3.25. The van der Waals surface area contributed by atoms with Gasteiger partial charge in [-0.2, -0.15) is 0 Å². The Morgan fingerprint density at radius 2 is 2.35 bits per heavy atom. The number of hydrogen-bond acceptors (Lipinski definition) is 4. The van der Waals surface area contributed by atoms with Crippen LogP contribution in [0, 0.1) is 0 Å². The van der Waals surface area contributed by atoms with E-state index in [1.165, 1.54) is 0 Å². The molecule has 112 valence electrons. The number of benzene rings is 1. The van der Waals surface area contributed by atoms with Gasteiger partial charge >= 0.3 is 0 Å². The zero-order chi connectivity index (χ0) is 13.7. The van der Waals surface area contributed by atoms with Gasteiger partial charge in [0.2, 0.25) is 5.91 Å². The van der Waals surface area contributed by atoms with E-state index in [-0.39, 0.29) is 24.4 Å². The first-order chi connectivity index (χ1) is 9.19. The van der Waals surface area contributed by atoms with Crippen molar-refractivity contribution in [2.45, 2.75) is 31.8 Å². The lowest BCUT2D eigenvalue weighted by Crippen LogP contribution is -2.16. The van der Waals surface area contributed by atoms with Crippen LogP contribution in [0.2, 0.25) is 0 Å². The highest BCUT2D eigenvalue weighted by Gasteiger charge is 2.17. The summed E-state index contributed by atoms with van der Waals surface area (Å²) in [6, 6.07) is 5.20. The van der Waals surface area contributed by atoms with Crippen LogP contribution in [0.25, 0.3) is 0 Å². The van der Waals surface area contributed by atoms with Gasteiger partial charge in [-0.3, -0.25) is 4.79 Å². The summed E-state index contributed by atoms with van der Waals surface area (Å²) in [5.41, 5.74) is 6.94. The second-order valence-electron chi connectivity index (χ2n) is 4.68. The van der Waals surface area contributed by atoms with Crippen LogP contribution in [-0.4, -0.2) is 25.7 Å². The van der Waals surface area contributed by atoms with Gasteiger partial charge in [0.1, 0.15) is 5.75 Å². The molecule has 1 aromatic carbocycles. The van der Waals surface area contributed by atoms with Gasteiger partial charge in [0.05, 0.1) is 24.6 Å². The van der Waals surface area contributed by atoms with Crippen molar-refractivity contribution in [2.75, 3.05) is 24.8 Å². The summed E-state index contributed by atoms with van der Waals surface area (Å²) in [6.45, 7) is 0.815. The third-order valence-electron chi connectivity index (χ3n) is 3.25. The fourth-order valence-electron chi connectivity index (χ4n) is 2.15. The zero-order valence-electron chi connectivity index (χ0n) is 11.6. The first-order valence-corrected chi connectivity index (χ1v) is 6.54. The van der Waals surface area contributed by atoms with Crippen LogP contribution in [0.15, 0.2) is 18.2 Å². The van der Waals surface area contributed by atoms with Crippen molar-refractivity contribution in [1.29, 1.82) is 0 Å². The number of carbonyl (C=O) groups is 1. The summed E-state index contributed by atoms with van der Waals surface area (Å²) in [6.07, 6.45) is 3.58. The molecule has 5 nitrogen and oxygen atoms in total. The molecule has 2 rings (SSSR count). The Kier molecular flexibility index (Phi) is 6.61. The smallest absolute Gasteiger partial charge is 0.224 e. The normalized spacial score (nSPS) is 17.4. The van der Waals surface area contributed by atoms with Crippen LogP contribution in [0.1, 0.15) is 25.7 Å². The molecule has 1 fully saturated rings. The van der Waals surface area contributed by atoms with E-state index in [1.807, 2.05) is 0 Å². The number of rotatable bonds is 5. The molecular formula is C14H21ClN2O3. The molecule has 0 saturated carbocycles. The zero-order valence-corrected chi connectivity index (χ0v) is 12.4. The SMILES string of the molecule is COc1ccc(N)c(NC(=O)CCC2CCCO2)c1.Cl. The Morgan fingerprint density at radius 1 is 1.55 bits per heavy atom. The van der Waals surface area contributed by atoms with Gasteiger partial charge in [0.15, 0.2) is 0 Å². The molecule has 0 aromatic heterocycles. The maximum Gasteiger partial charge on any atom is 0.224 e. The number of hydrogen-bond donors (Lipinski definition) is 2. The van der Waals surface area contributed by atoms with Gasteiger partial charge in [0, 0.05) is 19.1 Å². The minimum Gasteiger partial charge on any atom is -0.497 e. The highest BCUT2D eigenvalue weighted by atomic mass is 35.5. The van der Waals surface area contributed by atoms with E-state index in [9.17, 15) is 4.79 Å². The number of nitrogens with two attached hydrogens (primary N) is 1. The first kappa shape index (κ1) is 16.6. The molecule has 1 aromatic rings. The van der Waals surface area contributed by atoms with E-state index in [1.54, 1.807) is 25.3 Å². The second-order valence-corrected chi connectivity index (χ2v) is 4.68. The molecule has 1 aliphatic heterocycles. The number of nitrogen functional groups attached to an aromatic ring is 1. The standard InChI is InChI=1S/C14H20N2O3.ClH/c1-18-11-4-6-12(15)13(9-11)16-14(17)7-5-10-3-2-8-19-10;/h4,6,9-10H,2-3,5,7-8,15H2,1H3,(H,16,17);1H. The molecule has 1 amide bonds. The molecule has 1 saturated heterocycles. The van der Waals surface area contributed by atoms with Crippen molar-refractivity contribution in [3.63, 3.8) is 0 Å². The van der Waals surface area contributed by atoms with Crippen molar-refractivity contribution >= 4 is 29.7 Å². The van der Waals surface area contributed by atoms with Gasteiger partial charge in [-0.05, 0) is 31.4 Å². The summed E-state index contributed by atoms with van der Waals surface area (Å²) >= 11 is 0. The Bertz CT molecular complexity index is 448. The predicted molar refractivity (Wildman–Crippen MR) is 81.5 cm³/mol. The number of nitrogens with one attached hydrogen (secondary N) is 1. The Labute approximate surface area is 125 Å². The molecule has 0 bridgehead atoms. The van der Waals surface area contributed by atoms with Crippen LogP contribution in [0.5, 0.6) is 5.75 Å². The maximum atomic E-state index is 11.9. The average molecular weight is 301 g/mol. The first-order valence-electron chi connectivity index (χ1n) is 6.54. The van der Waals surface area contributed by atoms with Gasteiger partial charge in [-0.25, -0.2) is 0 Å². The lowest BCUT2D eigenvalue weighted by Gasteiger charge is -2.11. The second kappa shape index (κ2) is 7.97. The largest absolute Gasteiger partial charge is 0.497 e. The Morgan fingerprint density at radius 3 is 3.00 bits per heavy atom. The van der Waals surface area contributed by atoms with Crippen LogP contribution in [-0.2, 0) is 9.53 Å². The van der Waals surface area contributed by atoms with E-state index in [0.717, 1.165) is 25.9 Å². The van der Waals surface area contributed by atoms with Crippen molar-refractivity contribution in [3.05, 3.63) is 18.2 Å². The van der Waals surface area contributed by atoms with Crippen LogP contribution in [0.4, 0.5) is 11.4 Å². The quantitative estimate of drug-likeness (QED) is 0.820. The van der Waals surface area contributed by atoms with Crippen molar-refractivity contribution in [1.82, 2.24) is 0 Å². The van der Waals surface area contributed by atoms with Gasteiger partial charge < -0.3 is 20.5 Å². The fourth-order valence-corrected chi connectivity index (χ4v) is 2.15. The molecule has 6 heteroatoms. The molecule has 1 atom stereocenters. The van der Waals surface area contributed by atoms with Crippen LogP contribution < -0.4 is 15.8 Å². The summed E-state index contributed by atoms with van der Waals surface area (Å²) in [7, 11) is 1.58. The molecule has 0 radical (unpaired) electrons. The molecule has 1 unspecified atom stereocenters. The number of carbonyl (C=O) groups excluding carboxylic acids is 1. The van der Waals surface area contributed by atoms with E-state index < -0.39 is 0 Å². The lowest BCUT2D eigenvalue weighted by atomic mass is 10.1. The lowest BCUT2D eigenvalue weighted by molar-refractivity contribution is -0.116. The minimum absolute atomic E-state index is 0. The molecular weight excluding hydrogens is 280 g/mol. The summed E-state index contributed by atoms with van der Waals surface area (Å²) in [5, 5.41) is 2.81. The molecule has 3 N–H and O–H groups in total. The van der Waals surface area contributed by atoms with Gasteiger partial charge in [-0.1, -0.05) is 0 Å². The molecule has 20 heavy (non-hydrogen) atoms. The predicted octanol–water partition coefficient (Wildman–Crippen LogP) is 2.60. The molecule has 0 spiro atoms. The monoisotopic (exact) mass is 300 g/mol. The van der Waals surface area contributed by atoms with Crippen molar-refractivity contribution in [2.24, 2.45) is 0 Å². The van der Waals surface area contributed by atoms with Crippen molar-refractivity contribution in [3.8, 4) is 5.75 Å². The van der Waals surface area contributed by atoms with Gasteiger partial charge in [-0.15, -0.1) is 12.4 Å². The fraction of sp³-hybridized carbons (Fsp3) is 0.500. The summed E-state index contributed by atoms with van der Waals surface area (Å²) in [5.74, 6) is 0.624. The van der Waals surface area contributed by atoms with E-state index in [0.29, 0.717) is 23.5 Å². The maximum absolute atomic E-state index is 11.9. The topological polar surface area (TPSA) is 73.6 Å². The van der Waals surface area contributed by atoms with E-state index in [2.05, 4.69) is 5.32 Å². The number of ether oxygens (including phenoxy) is 2.